The summed E-state index contributed by atoms with van der Waals surface area (Å²) in [6.45, 7) is 12.6. The summed E-state index contributed by atoms with van der Waals surface area (Å²) in [5, 5.41) is 0. The minimum absolute atomic E-state index is 0.00669. The van der Waals surface area contributed by atoms with E-state index in [9.17, 15) is 4.79 Å². The van der Waals surface area contributed by atoms with E-state index in [4.69, 9.17) is 4.74 Å². The van der Waals surface area contributed by atoms with Gasteiger partial charge in [-0.15, -0.1) is 0 Å². The number of hydrogen-bond donors (Lipinski definition) is 0. The van der Waals surface area contributed by atoms with Crippen molar-refractivity contribution in [3.63, 3.8) is 0 Å². The lowest BCUT2D eigenvalue weighted by atomic mass is 9.96. The first-order valence-electron chi connectivity index (χ1n) is 6.64. The zero-order valence-electron chi connectivity index (χ0n) is 12.9. The lowest BCUT2D eigenvalue weighted by molar-refractivity contribution is 0.0568. The summed E-state index contributed by atoms with van der Waals surface area (Å²) in [6, 6.07) is 9.64. The molecule has 0 atom stereocenters. The zero-order valence-corrected chi connectivity index (χ0v) is 12.9. The second-order valence-corrected chi connectivity index (χ2v) is 6.96. The molecule has 3 heteroatoms. The van der Waals surface area contributed by atoms with Crippen molar-refractivity contribution < 1.29 is 9.53 Å². The standard InChI is InChI=1S/C16H25NO2/c1-15(2,3)12-17(13-10-8-7-9-11-13)14(18)19-16(4,5)6/h7-11H,12H2,1-6H3. The van der Waals surface area contributed by atoms with E-state index >= 15 is 0 Å². The highest BCUT2D eigenvalue weighted by Crippen LogP contribution is 2.23. The van der Waals surface area contributed by atoms with E-state index < -0.39 is 5.60 Å². The Balaban J connectivity index is 2.97. The van der Waals surface area contributed by atoms with Gasteiger partial charge in [0.2, 0.25) is 0 Å². The highest BCUT2D eigenvalue weighted by Gasteiger charge is 2.26. The molecule has 0 fully saturated rings. The summed E-state index contributed by atoms with van der Waals surface area (Å²) in [5.41, 5.74) is 0.390. The number of ether oxygens (including phenoxy) is 1. The third-order valence-corrected chi connectivity index (χ3v) is 2.31. The molecule has 0 aliphatic rings. The van der Waals surface area contributed by atoms with E-state index in [1.165, 1.54) is 0 Å². The van der Waals surface area contributed by atoms with Gasteiger partial charge in [-0.2, -0.15) is 0 Å². The summed E-state index contributed by atoms with van der Waals surface area (Å²) in [5.74, 6) is 0. The van der Waals surface area contributed by atoms with Gasteiger partial charge in [-0.3, -0.25) is 4.90 Å². The van der Waals surface area contributed by atoms with Gasteiger partial charge in [0, 0.05) is 12.2 Å². The summed E-state index contributed by atoms with van der Waals surface area (Å²) < 4.78 is 5.49. The summed E-state index contributed by atoms with van der Waals surface area (Å²) in [4.78, 5) is 14.0. The second kappa shape index (κ2) is 5.64. The van der Waals surface area contributed by atoms with E-state index in [1.807, 2.05) is 51.1 Å². The molecule has 1 aromatic rings. The molecule has 0 saturated heterocycles. The van der Waals surface area contributed by atoms with E-state index in [0.717, 1.165) is 5.69 Å². The molecular formula is C16H25NO2. The average Bonchev–Trinajstić information content (AvgIpc) is 2.23. The second-order valence-electron chi connectivity index (χ2n) is 6.96. The van der Waals surface area contributed by atoms with E-state index in [-0.39, 0.29) is 11.5 Å². The van der Waals surface area contributed by atoms with Gasteiger partial charge in [-0.05, 0) is 38.3 Å². The van der Waals surface area contributed by atoms with Crippen LogP contribution in [0.3, 0.4) is 0 Å². The molecule has 0 N–H and O–H groups in total. The van der Waals surface area contributed by atoms with Gasteiger partial charge >= 0.3 is 6.09 Å². The smallest absolute Gasteiger partial charge is 0.414 e. The van der Waals surface area contributed by atoms with Crippen molar-refractivity contribution in [2.45, 2.75) is 47.1 Å². The van der Waals surface area contributed by atoms with Crippen LogP contribution < -0.4 is 4.90 Å². The van der Waals surface area contributed by atoms with Crippen molar-refractivity contribution in [3.8, 4) is 0 Å². The van der Waals surface area contributed by atoms with Crippen LogP contribution in [0.5, 0.6) is 0 Å². The molecule has 1 amide bonds. The third kappa shape index (κ3) is 5.77. The topological polar surface area (TPSA) is 29.5 Å². The van der Waals surface area contributed by atoms with Crippen LogP contribution in [0, 0.1) is 5.41 Å². The number of rotatable bonds is 2. The van der Waals surface area contributed by atoms with E-state index in [2.05, 4.69) is 20.8 Å². The maximum absolute atomic E-state index is 12.3. The minimum atomic E-state index is -0.484. The normalized spacial score (nSPS) is 12.1. The van der Waals surface area contributed by atoms with Crippen molar-refractivity contribution in [1.82, 2.24) is 0 Å². The lowest BCUT2D eigenvalue weighted by Gasteiger charge is -2.32. The Kier molecular flexibility index (Phi) is 4.61. The molecule has 0 spiro atoms. The van der Waals surface area contributed by atoms with Crippen molar-refractivity contribution in [2.24, 2.45) is 5.41 Å². The first kappa shape index (κ1) is 15.5. The number of carbonyl (C=O) groups is 1. The summed E-state index contributed by atoms with van der Waals surface area (Å²) in [6.07, 6.45) is -0.298. The highest BCUT2D eigenvalue weighted by atomic mass is 16.6. The van der Waals surface area contributed by atoms with E-state index in [0.29, 0.717) is 6.54 Å². The van der Waals surface area contributed by atoms with Gasteiger partial charge in [0.1, 0.15) is 5.60 Å². The summed E-state index contributed by atoms with van der Waals surface area (Å²) >= 11 is 0. The van der Waals surface area contributed by atoms with Crippen LogP contribution in [0.1, 0.15) is 41.5 Å². The summed E-state index contributed by atoms with van der Waals surface area (Å²) in [7, 11) is 0. The lowest BCUT2D eigenvalue weighted by Crippen LogP contribution is -2.41. The van der Waals surface area contributed by atoms with Gasteiger partial charge in [0.25, 0.3) is 0 Å². The first-order chi connectivity index (χ1) is 8.58. The Bertz CT molecular complexity index is 413. The molecule has 106 valence electrons. The number of para-hydroxylation sites is 1. The Hall–Kier alpha value is -1.51. The van der Waals surface area contributed by atoms with Crippen molar-refractivity contribution in [3.05, 3.63) is 30.3 Å². The van der Waals surface area contributed by atoms with Crippen molar-refractivity contribution >= 4 is 11.8 Å². The van der Waals surface area contributed by atoms with Crippen LogP contribution in [0.4, 0.5) is 10.5 Å². The monoisotopic (exact) mass is 263 g/mol. The molecule has 1 aromatic carbocycles. The van der Waals surface area contributed by atoms with Crippen LogP contribution in [-0.4, -0.2) is 18.2 Å². The fourth-order valence-electron chi connectivity index (χ4n) is 1.66. The number of nitrogens with zero attached hydrogens (tertiary/aromatic N) is 1. The molecule has 1 rings (SSSR count). The number of hydrogen-bond acceptors (Lipinski definition) is 2. The molecule has 0 bridgehead atoms. The molecule has 0 unspecified atom stereocenters. The molecular weight excluding hydrogens is 238 g/mol. The first-order valence-corrected chi connectivity index (χ1v) is 6.64. The Labute approximate surface area is 116 Å². The Morgan fingerprint density at radius 1 is 1.05 bits per heavy atom. The Morgan fingerprint density at radius 2 is 1.58 bits per heavy atom. The van der Waals surface area contributed by atoms with Gasteiger partial charge in [-0.1, -0.05) is 39.0 Å². The van der Waals surface area contributed by atoms with Gasteiger partial charge in [0.05, 0.1) is 0 Å². The molecule has 19 heavy (non-hydrogen) atoms. The predicted octanol–water partition coefficient (Wildman–Crippen LogP) is 4.47. The largest absolute Gasteiger partial charge is 0.443 e. The Morgan fingerprint density at radius 3 is 2.00 bits per heavy atom. The number of benzene rings is 1. The molecule has 3 nitrogen and oxygen atoms in total. The fourth-order valence-corrected chi connectivity index (χ4v) is 1.66. The molecule has 0 heterocycles. The highest BCUT2D eigenvalue weighted by molar-refractivity contribution is 5.87. The molecule has 0 saturated carbocycles. The quantitative estimate of drug-likeness (QED) is 0.787. The van der Waals surface area contributed by atoms with Crippen LogP contribution in [0.2, 0.25) is 0 Å². The number of amides is 1. The van der Waals surface area contributed by atoms with Crippen LogP contribution in [0.15, 0.2) is 30.3 Å². The minimum Gasteiger partial charge on any atom is -0.443 e. The maximum Gasteiger partial charge on any atom is 0.414 e. The van der Waals surface area contributed by atoms with Gasteiger partial charge in [0.15, 0.2) is 0 Å². The maximum atomic E-state index is 12.3. The van der Waals surface area contributed by atoms with Crippen molar-refractivity contribution in [2.75, 3.05) is 11.4 Å². The number of carbonyl (C=O) groups excluding carboxylic acids is 1. The number of anilines is 1. The molecule has 0 radical (unpaired) electrons. The van der Waals surface area contributed by atoms with E-state index in [1.54, 1.807) is 4.90 Å². The van der Waals surface area contributed by atoms with Crippen LogP contribution in [-0.2, 0) is 4.74 Å². The van der Waals surface area contributed by atoms with Gasteiger partial charge in [-0.25, -0.2) is 4.79 Å². The van der Waals surface area contributed by atoms with Gasteiger partial charge < -0.3 is 4.74 Å². The predicted molar refractivity (Wildman–Crippen MR) is 79.5 cm³/mol. The fraction of sp³-hybridized carbons (Fsp3) is 0.562. The molecule has 0 aliphatic carbocycles. The zero-order chi connectivity index (χ0) is 14.7. The van der Waals surface area contributed by atoms with Crippen LogP contribution in [0.25, 0.3) is 0 Å². The third-order valence-electron chi connectivity index (χ3n) is 2.31. The van der Waals surface area contributed by atoms with Crippen LogP contribution >= 0.6 is 0 Å². The average molecular weight is 263 g/mol. The molecule has 0 aliphatic heterocycles. The SMILES string of the molecule is CC(C)(C)CN(C(=O)OC(C)(C)C)c1ccccc1. The van der Waals surface area contributed by atoms with Crippen molar-refractivity contribution in [1.29, 1.82) is 0 Å². The molecule has 0 aromatic heterocycles.